The molecule has 1 heterocycles. The normalized spacial score (nSPS) is 11.5. The van der Waals surface area contributed by atoms with E-state index in [1.165, 1.54) is 35.0 Å². The average Bonchev–Trinajstić information content (AvgIpc) is 2.78. The summed E-state index contributed by atoms with van der Waals surface area (Å²) in [5.41, 5.74) is 1.46. The summed E-state index contributed by atoms with van der Waals surface area (Å²) in [6.07, 6.45) is 2.52. The van der Waals surface area contributed by atoms with Crippen LogP contribution in [0.1, 0.15) is 18.4 Å². The lowest BCUT2D eigenvalue weighted by Crippen LogP contribution is -2.20. The van der Waals surface area contributed by atoms with Crippen molar-refractivity contribution < 1.29 is 0 Å². The van der Waals surface area contributed by atoms with E-state index in [-0.39, 0.29) is 0 Å². The lowest BCUT2D eigenvalue weighted by Gasteiger charge is -2.16. The van der Waals surface area contributed by atoms with Gasteiger partial charge in [-0.25, -0.2) is 0 Å². The maximum atomic E-state index is 3.19. The molecule has 18 heavy (non-hydrogen) atoms. The van der Waals surface area contributed by atoms with Gasteiger partial charge in [0.05, 0.1) is 0 Å². The van der Waals surface area contributed by atoms with Crippen LogP contribution in [-0.4, -0.2) is 32.1 Å². The number of nitrogens with one attached hydrogen (secondary N) is 1. The summed E-state index contributed by atoms with van der Waals surface area (Å²) in [7, 11) is 4.23. The molecule has 1 aromatic heterocycles. The number of benzene rings is 1. The zero-order valence-electron chi connectivity index (χ0n) is 11.3. The monoisotopic (exact) mass is 262 g/mol. The van der Waals surface area contributed by atoms with Crippen LogP contribution < -0.4 is 5.32 Å². The number of hydrogen-bond donors (Lipinski definition) is 1. The van der Waals surface area contributed by atoms with Gasteiger partial charge >= 0.3 is 0 Å². The molecule has 0 aliphatic carbocycles. The third-order valence-electron chi connectivity index (χ3n) is 3.22. The van der Waals surface area contributed by atoms with Gasteiger partial charge in [0.25, 0.3) is 0 Å². The van der Waals surface area contributed by atoms with E-state index in [2.05, 4.69) is 46.9 Å². The van der Waals surface area contributed by atoms with Gasteiger partial charge in [-0.15, -0.1) is 11.3 Å². The molecule has 0 bridgehead atoms. The second-order valence-electron chi connectivity index (χ2n) is 4.81. The zero-order valence-corrected chi connectivity index (χ0v) is 12.1. The van der Waals surface area contributed by atoms with E-state index in [4.69, 9.17) is 0 Å². The van der Waals surface area contributed by atoms with Crippen LogP contribution in [0.25, 0.3) is 10.1 Å². The molecule has 0 aliphatic heterocycles. The SMILES string of the molecule is CNCCCCN(C)Cc1csc2ccccc12. The number of hydrogen-bond acceptors (Lipinski definition) is 3. The van der Waals surface area contributed by atoms with Gasteiger partial charge in [0.15, 0.2) is 0 Å². The van der Waals surface area contributed by atoms with Gasteiger partial charge in [-0.2, -0.15) is 0 Å². The van der Waals surface area contributed by atoms with Crippen molar-refractivity contribution in [3.05, 3.63) is 35.2 Å². The van der Waals surface area contributed by atoms with Crippen LogP contribution >= 0.6 is 11.3 Å². The third-order valence-corrected chi connectivity index (χ3v) is 4.23. The van der Waals surface area contributed by atoms with Crippen LogP contribution in [0.4, 0.5) is 0 Å². The minimum Gasteiger partial charge on any atom is -0.320 e. The van der Waals surface area contributed by atoms with Crippen LogP contribution in [0, 0.1) is 0 Å². The molecule has 2 rings (SSSR count). The van der Waals surface area contributed by atoms with Gasteiger partial charge in [0.1, 0.15) is 0 Å². The van der Waals surface area contributed by atoms with Gasteiger partial charge in [0, 0.05) is 11.2 Å². The van der Waals surface area contributed by atoms with Crippen LogP contribution in [0.15, 0.2) is 29.6 Å². The minimum atomic E-state index is 1.06. The minimum absolute atomic E-state index is 1.06. The molecule has 3 heteroatoms. The summed E-state index contributed by atoms with van der Waals surface area (Å²) < 4.78 is 1.40. The molecule has 98 valence electrons. The highest BCUT2D eigenvalue weighted by molar-refractivity contribution is 7.17. The fraction of sp³-hybridized carbons (Fsp3) is 0.467. The van der Waals surface area contributed by atoms with E-state index in [1.807, 2.05) is 18.4 Å². The van der Waals surface area contributed by atoms with E-state index in [1.54, 1.807) is 0 Å². The number of rotatable bonds is 7. The molecule has 0 saturated heterocycles. The highest BCUT2D eigenvalue weighted by Gasteiger charge is 2.06. The zero-order chi connectivity index (χ0) is 12.8. The van der Waals surface area contributed by atoms with Gasteiger partial charge in [-0.3, -0.25) is 0 Å². The molecule has 2 nitrogen and oxygen atoms in total. The van der Waals surface area contributed by atoms with Crippen molar-refractivity contribution in [3.8, 4) is 0 Å². The van der Waals surface area contributed by atoms with Crippen molar-refractivity contribution in [3.63, 3.8) is 0 Å². The van der Waals surface area contributed by atoms with E-state index in [9.17, 15) is 0 Å². The van der Waals surface area contributed by atoms with Crippen LogP contribution in [0.5, 0.6) is 0 Å². The Balaban J connectivity index is 1.88. The van der Waals surface area contributed by atoms with Crippen molar-refractivity contribution in [2.24, 2.45) is 0 Å². The predicted octanol–water partition coefficient (Wildman–Crippen LogP) is 3.33. The van der Waals surface area contributed by atoms with Crippen molar-refractivity contribution in [2.45, 2.75) is 19.4 Å². The second kappa shape index (κ2) is 6.88. The number of thiophene rings is 1. The van der Waals surface area contributed by atoms with E-state index in [0.29, 0.717) is 0 Å². The first-order valence-corrected chi connectivity index (χ1v) is 7.47. The topological polar surface area (TPSA) is 15.3 Å². The Morgan fingerprint density at radius 3 is 2.89 bits per heavy atom. The van der Waals surface area contributed by atoms with Crippen molar-refractivity contribution in [1.29, 1.82) is 0 Å². The molecule has 0 atom stereocenters. The Kier molecular flexibility index (Phi) is 5.17. The molecule has 2 aromatic rings. The highest BCUT2D eigenvalue weighted by Crippen LogP contribution is 2.26. The first-order valence-electron chi connectivity index (χ1n) is 6.59. The molecule has 0 aliphatic rings. The summed E-state index contributed by atoms with van der Waals surface area (Å²) in [6, 6.07) is 8.68. The van der Waals surface area contributed by atoms with Gasteiger partial charge in [0.2, 0.25) is 0 Å². The molecule has 1 N–H and O–H groups in total. The Hall–Kier alpha value is -0.900. The van der Waals surface area contributed by atoms with Crippen LogP contribution in [0.2, 0.25) is 0 Å². The standard InChI is InChI=1S/C15H22N2S/c1-16-9-5-6-10-17(2)11-13-12-18-15-8-4-3-7-14(13)15/h3-4,7-8,12,16H,5-6,9-11H2,1-2H3. The Labute approximate surface area is 114 Å². The average molecular weight is 262 g/mol. The Morgan fingerprint density at radius 2 is 2.06 bits per heavy atom. The molecule has 0 saturated carbocycles. The summed E-state index contributed by atoms with van der Waals surface area (Å²) in [6.45, 7) is 3.35. The molecule has 0 spiro atoms. The van der Waals surface area contributed by atoms with Crippen molar-refractivity contribution in [1.82, 2.24) is 10.2 Å². The number of fused-ring (bicyclic) bond motifs is 1. The number of nitrogens with zero attached hydrogens (tertiary/aromatic N) is 1. The summed E-state index contributed by atoms with van der Waals surface area (Å²) in [5, 5.41) is 6.92. The van der Waals surface area contributed by atoms with Crippen LogP contribution in [0.3, 0.4) is 0 Å². The molecule has 0 unspecified atom stereocenters. The lowest BCUT2D eigenvalue weighted by atomic mass is 10.1. The third kappa shape index (κ3) is 3.55. The summed E-state index contributed by atoms with van der Waals surface area (Å²) in [4.78, 5) is 2.42. The van der Waals surface area contributed by atoms with Gasteiger partial charge in [-0.1, -0.05) is 18.2 Å². The predicted molar refractivity (Wildman–Crippen MR) is 81.3 cm³/mol. The highest BCUT2D eigenvalue weighted by atomic mass is 32.1. The van der Waals surface area contributed by atoms with Gasteiger partial charge in [-0.05, 0) is 62.4 Å². The maximum Gasteiger partial charge on any atom is 0.0346 e. The quantitative estimate of drug-likeness (QED) is 0.770. The lowest BCUT2D eigenvalue weighted by molar-refractivity contribution is 0.319. The molecular formula is C15H22N2S. The molecule has 0 fully saturated rings. The number of unbranched alkanes of at least 4 members (excludes halogenated alkanes) is 1. The fourth-order valence-corrected chi connectivity index (χ4v) is 3.16. The molecule has 0 amide bonds. The molecular weight excluding hydrogens is 240 g/mol. The van der Waals surface area contributed by atoms with E-state index >= 15 is 0 Å². The van der Waals surface area contributed by atoms with Crippen molar-refractivity contribution >= 4 is 21.4 Å². The first kappa shape index (κ1) is 13.5. The first-order chi connectivity index (χ1) is 8.81. The van der Waals surface area contributed by atoms with Crippen LogP contribution in [-0.2, 0) is 6.54 Å². The fourth-order valence-electron chi connectivity index (χ4n) is 2.21. The largest absolute Gasteiger partial charge is 0.320 e. The Bertz CT molecular complexity index is 478. The summed E-state index contributed by atoms with van der Waals surface area (Å²) in [5.74, 6) is 0. The smallest absolute Gasteiger partial charge is 0.0346 e. The maximum absolute atomic E-state index is 3.19. The molecule has 0 radical (unpaired) electrons. The second-order valence-corrected chi connectivity index (χ2v) is 5.72. The van der Waals surface area contributed by atoms with E-state index in [0.717, 1.165) is 13.1 Å². The molecule has 1 aromatic carbocycles. The van der Waals surface area contributed by atoms with Gasteiger partial charge < -0.3 is 10.2 Å². The Morgan fingerprint density at radius 1 is 1.22 bits per heavy atom. The summed E-state index contributed by atoms with van der Waals surface area (Å²) >= 11 is 1.85. The van der Waals surface area contributed by atoms with Crippen molar-refractivity contribution in [2.75, 3.05) is 27.2 Å². The van der Waals surface area contributed by atoms with E-state index < -0.39 is 0 Å².